The fourth-order valence-corrected chi connectivity index (χ4v) is 156. The number of hydrogen-bond donors (Lipinski definition) is 0. The molecule has 0 aliphatic heterocycles. The highest BCUT2D eigenvalue weighted by Gasteiger charge is 2.50. The van der Waals surface area contributed by atoms with Crippen molar-refractivity contribution in [3.05, 3.63) is 0 Å². The third-order valence-electron chi connectivity index (χ3n) is 2.87. The topological polar surface area (TPSA) is 0 Å². The molecule has 0 heterocycles. The predicted octanol–water partition coefficient (Wildman–Crippen LogP) is 8.76. The lowest BCUT2D eigenvalue weighted by atomic mass is 11.8. The van der Waals surface area contributed by atoms with Crippen molar-refractivity contribution in [1.29, 1.82) is 0 Å². The molecule has 0 saturated carbocycles. The monoisotopic (exact) mass is 420 g/mol. The number of rotatable bonds is 6. The first kappa shape index (κ1) is 22.4. The Morgan fingerprint density at radius 2 is 0.600 bits per heavy atom. The minimum absolute atomic E-state index is 0.134. The van der Waals surface area contributed by atoms with E-state index in [1.807, 2.05) is 0 Å². The third kappa shape index (κ3) is 6.52. The maximum absolute atomic E-state index is 7.41. The van der Waals surface area contributed by atoms with Gasteiger partial charge in [0.2, 0.25) is 0 Å². The first-order valence-electron chi connectivity index (χ1n) is 7.46. The van der Waals surface area contributed by atoms with Crippen molar-refractivity contribution in [3.63, 3.8) is 0 Å². The molecule has 0 aromatic rings. The highest BCUT2D eigenvalue weighted by molar-refractivity contribution is 8.90. The van der Waals surface area contributed by atoms with Crippen LogP contribution in [0.3, 0.4) is 0 Å². The van der Waals surface area contributed by atoms with Gasteiger partial charge in [0.15, 0.2) is 0 Å². The average molecular weight is 421 g/mol. The van der Waals surface area contributed by atoms with E-state index in [-0.39, 0.29) is 20.1 Å². The van der Waals surface area contributed by atoms with Crippen LogP contribution in [0.4, 0.5) is 0 Å². The van der Waals surface area contributed by atoms with Gasteiger partial charge in [0.25, 0.3) is 0 Å². The van der Waals surface area contributed by atoms with Crippen molar-refractivity contribution in [2.75, 3.05) is 0 Å². The van der Waals surface area contributed by atoms with Crippen molar-refractivity contribution in [3.8, 4) is 0 Å². The lowest BCUT2D eigenvalue weighted by Crippen LogP contribution is -2.35. The summed E-state index contributed by atoms with van der Waals surface area (Å²) in [5, 5.41) is 0. The summed E-state index contributed by atoms with van der Waals surface area (Å²) in [6.45, 7) is 31.2. The van der Waals surface area contributed by atoms with Gasteiger partial charge in [-0.1, -0.05) is 103 Å². The molecule has 0 radical (unpaired) electrons. The molecule has 0 aliphatic rings. The standard InChI is InChI=1S/C12H36ClP3Si4/c1-17(2,3)15(18(4,5)6)14(13)16(19(7,8)9)20(10,11)12/h1-12H3. The van der Waals surface area contributed by atoms with E-state index in [0.717, 1.165) is 0 Å². The molecule has 0 aromatic carbocycles. The molecule has 0 fully saturated rings. The van der Waals surface area contributed by atoms with Crippen LogP contribution in [0.25, 0.3) is 0 Å². The second kappa shape index (κ2) is 7.14. The molecular formula is C12H36ClP3Si4. The SMILES string of the molecule is C[Si](C)(C)P(P(Cl)P([Si](C)(C)C)[Si](C)(C)C)[Si](C)(C)C. The van der Waals surface area contributed by atoms with E-state index < -0.39 is 31.0 Å². The van der Waals surface area contributed by atoms with Crippen LogP contribution in [-0.2, 0) is 0 Å². The Kier molecular flexibility index (Phi) is 8.01. The second-order valence-corrected chi connectivity index (χ2v) is 65.5. The minimum Gasteiger partial charge on any atom is -0.0879 e. The maximum Gasteiger partial charge on any atom is 0.0745 e. The van der Waals surface area contributed by atoms with E-state index in [0.29, 0.717) is 0 Å². The van der Waals surface area contributed by atoms with Gasteiger partial charge in [-0.2, -0.15) is 0 Å². The van der Waals surface area contributed by atoms with Gasteiger partial charge in [0.1, 0.15) is 0 Å². The molecule has 0 aromatic heterocycles. The zero-order valence-electron chi connectivity index (χ0n) is 15.7. The molecule has 0 rings (SSSR count). The largest absolute Gasteiger partial charge is 0.0879 e. The zero-order chi connectivity index (χ0) is 16.7. The average Bonchev–Trinajstić information content (AvgIpc) is 1.88. The van der Waals surface area contributed by atoms with Crippen LogP contribution in [0.5, 0.6) is 0 Å². The van der Waals surface area contributed by atoms with E-state index in [2.05, 4.69) is 78.6 Å². The van der Waals surface area contributed by atoms with Gasteiger partial charge in [0, 0.05) is 6.65 Å². The predicted molar refractivity (Wildman–Crippen MR) is 120 cm³/mol. The molecular weight excluding hydrogens is 385 g/mol. The Hall–Kier alpha value is 2.45. The molecule has 0 aliphatic carbocycles. The Balaban J connectivity index is 5.81. The van der Waals surface area contributed by atoms with Crippen LogP contribution < -0.4 is 0 Å². The minimum atomic E-state index is -1.12. The van der Waals surface area contributed by atoms with Crippen LogP contribution in [0.15, 0.2) is 0 Å². The second-order valence-electron chi connectivity index (χ2n) is 9.55. The summed E-state index contributed by atoms with van der Waals surface area (Å²) >= 11 is 7.41. The third-order valence-corrected chi connectivity index (χ3v) is 95.4. The summed E-state index contributed by atoms with van der Waals surface area (Å²) < 4.78 is 0. The normalized spacial score (nSPS) is 15.6. The maximum atomic E-state index is 7.41. The van der Waals surface area contributed by atoms with E-state index in [1.165, 1.54) is 0 Å². The first-order chi connectivity index (χ1) is 8.40. The Morgan fingerprint density at radius 3 is 0.700 bits per heavy atom. The van der Waals surface area contributed by atoms with Crippen LogP contribution in [0.1, 0.15) is 0 Å². The van der Waals surface area contributed by atoms with E-state index in [4.69, 9.17) is 11.2 Å². The quantitative estimate of drug-likeness (QED) is 0.297. The van der Waals surface area contributed by atoms with Crippen molar-refractivity contribution in [2.24, 2.45) is 0 Å². The van der Waals surface area contributed by atoms with Crippen molar-refractivity contribution >= 4 is 62.3 Å². The molecule has 0 unspecified atom stereocenters. The number of hydrogen-bond acceptors (Lipinski definition) is 0. The van der Waals surface area contributed by atoms with Crippen LogP contribution in [0, 0.1) is 0 Å². The van der Waals surface area contributed by atoms with E-state index in [9.17, 15) is 0 Å². The lowest BCUT2D eigenvalue weighted by molar-refractivity contribution is 1.84. The van der Waals surface area contributed by atoms with Gasteiger partial charge in [-0.15, -0.1) is 0 Å². The van der Waals surface area contributed by atoms with Crippen molar-refractivity contribution in [1.82, 2.24) is 0 Å². The van der Waals surface area contributed by atoms with Gasteiger partial charge >= 0.3 is 0 Å². The van der Waals surface area contributed by atoms with Gasteiger partial charge in [0.05, 0.1) is 31.0 Å². The number of halogens is 1. The summed E-state index contributed by atoms with van der Waals surface area (Å²) in [7, 11) is -4.49. The molecule has 0 nitrogen and oxygen atoms in total. The molecule has 0 atom stereocenters. The molecule has 0 amide bonds. The summed E-state index contributed by atoms with van der Waals surface area (Å²) in [5.74, 6) is 0. The smallest absolute Gasteiger partial charge is 0.0745 e. The molecule has 8 heteroatoms. The Labute approximate surface area is 140 Å². The molecule has 0 saturated heterocycles. The first-order valence-corrected chi connectivity index (χ1v) is 31.2. The van der Waals surface area contributed by atoms with Gasteiger partial charge in [-0.3, -0.25) is 0 Å². The lowest BCUT2D eigenvalue weighted by Gasteiger charge is -2.51. The van der Waals surface area contributed by atoms with Crippen molar-refractivity contribution < 1.29 is 0 Å². The van der Waals surface area contributed by atoms with Gasteiger partial charge in [-0.25, -0.2) is 0 Å². The highest BCUT2D eigenvalue weighted by atomic mass is 35.7. The van der Waals surface area contributed by atoms with E-state index >= 15 is 0 Å². The zero-order valence-corrected chi connectivity index (χ0v) is 23.2. The molecule has 20 heavy (non-hydrogen) atoms. The Morgan fingerprint density at radius 1 is 0.450 bits per heavy atom. The highest BCUT2D eigenvalue weighted by Crippen LogP contribution is 2.97. The van der Waals surface area contributed by atoms with Gasteiger partial charge in [-0.05, 0) is 0 Å². The van der Waals surface area contributed by atoms with Crippen LogP contribution >= 0.6 is 31.3 Å². The van der Waals surface area contributed by atoms with Crippen LogP contribution in [-0.4, -0.2) is 31.0 Å². The summed E-state index contributed by atoms with van der Waals surface area (Å²) in [6.07, 6.45) is 0. The van der Waals surface area contributed by atoms with Crippen LogP contribution in [0.2, 0.25) is 78.6 Å². The summed E-state index contributed by atoms with van der Waals surface area (Å²) in [4.78, 5) is 0. The molecule has 0 N–H and O–H groups in total. The van der Waals surface area contributed by atoms with E-state index in [1.54, 1.807) is 0 Å². The van der Waals surface area contributed by atoms with Gasteiger partial charge < -0.3 is 0 Å². The molecule has 0 spiro atoms. The summed E-state index contributed by atoms with van der Waals surface area (Å²) in [6, 6.07) is 0. The fraction of sp³-hybridized carbons (Fsp3) is 1.00. The fourth-order valence-electron chi connectivity index (χ4n) is 3.09. The van der Waals surface area contributed by atoms with Crippen molar-refractivity contribution in [2.45, 2.75) is 78.6 Å². The molecule has 122 valence electrons. The summed E-state index contributed by atoms with van der Waals surface area (Å²) in [5.41, 5.74) is 0. The Bertz CT molecular complexity index is 266. The molecule has 0 bridgehead atoms.